The Bertz CT molecular complexity index is 213. The first kappa shape index (κ1) is 11.4. The minimum Gasteiger partial charge on any atom is -0.330 e. The van der Waals surface area contributed by atoms with Gasteiger partial charge in [-0.05, 0) is 45.7 Å². The zero-order valence-corrected chi connectivity index (χ0v) is 10.4. The average Bonchev–Trinajstić information content (AvgIpc) is 2.95. The average molecular weight is 211 g/mol. The summed E-state index contributed by atoms with van der Waals surface area (Å²) < 4.78 is 0. The smallest absolute Gasteiger partial charge is 0.0195 e. The van der Waals surface area contributed by atoms with Crippen LogP contribution in [0.5, 0.6) is 0 Å². The van der Waals surface area contributed by atoms with Gasteiger partial charge < -0.3 is 5.73 Å². The monoisotopic (exact) mass is 211 g/mol. The SMILES string of the molecule is CC1CN(CC2(CN)CC2)CC(C)N1C. The summed E-state index contributed by atoms with van der Waals surface area (Å²) in [5.41, 5.74) is 6.34. The van der Waals surface area contributed by atoms with Crippen molar-refractivity contribution in [2.45, 2.75) is 38.8 Å². The van der Waals surface area contributed by atoms with Crippen molar-refractivity contribution in [2.24, 2.45) is 11.1 Å². The molecule has 1 saturated carbocycles. The van der Waals surface area contributed by atoms with Crippen LogP contribution in [0.1, 0.15) is 26.7 Å². The molecule has 2 atom stereocenters. The van der Waals surface area contributed by atoms with E-state index in [-0.39, 0.29) is 0 Å². The summed E-state index contributed by atoms with van der Waals surface area (Å²) in [5.74, 6) is 0. The third-order valence-electron chi connectivity index (χ3n) is 4.38. The molecule has 0 aromatic rings. The first-order chi connectivity index (χ1) is 7.06. The van der Waals surface area contributed by atoms with E-state index < -0.39 is 0 Å². The molecule has 2 N–H and O–H groups in total. The molecule has 15 heavy (non-hydrogen) atoms. The van der Waals surface area contributed by atoms with Gasteiger partial charge in [-0.2, -0.15) is 0 Å². The molecule has 3 nitrogen and oxygen atoms in total. The van der Waals surface area contributed by atoms with Crippen LogP contribution in [-0.2, 0) is 0 Å². The van der Waals surface area contributed by atoms with Crippen LogP contribution in [0.25, 0.3) is 0 Å². The van der Waals surface area contributed by atoms with Crippen LogP contribution in [0.15, 0.2) is 0 Å². The second-order valence-electron chi connectivity index (χ2n) is 5.76. The molecular weight excluding hydrogens is 186 g/mol. The Morgan fingerprint density at radius 3 is 2.13 bits per heavy atom. The van der Waals surface area contributed by atoms with Crippen LogP contribution < -0.4 is 5.73 Å². The molecule has 1 aliphatic heterocycles. The van der Waals surface area contributed by atoms with Gasteiger partial charge in [0, 0.05) is 31.7 Å². The van der Waals surface area contributed by atoms with Gasteiger partial charge in [0.2, 0.25) is 0 Å². The summed E-state index contributed by atoms with van der Waals surface area (Å²) in [4.78, 5) is 5.10. The van der Waals surface area contributed by atoms with Crippen LogP contribution in [0.4, 0.5) is 0 Å². The lowest BCUT2D eigenvalue weighted by Gasteiger charge is -2.43. The number of piperazine rings is 1. The Hall–Kier alpha value is -0.120. The van der Waals surface area contributed by atoms with Crippen molar-refractivity contribution in [3.8, 4) is 0 Å². The van der Waals surface area contributed by atoms with Crippen LogP contribution in [-0.4, -0.2) is 55.1 Å². The van der Waals surface area contributed by atoms with Gasteiger partial charge in [-0.25, -0.2) is 0 Å². The van der Waals surface area contributed by atoms with E-state index in [0.29, 0.717) is 17.5 Å². The van der Waals surface area contributed by atoms with Gasteiger partial charge in [-0.3, -0.25) is 9.80 Å². The summed E-state index contributed by atoms with van der Waals surface area (Å²) in [7, 11) is 2.24. The molecule has 1 aliphatic carbocycles. The second-order valence-corrected chi connectivity index (χ2v) is 5.76. The summed E-state index contributed by atoms with van der Waals surface area (Å²) >= 11 is 0. The van der Waals surface area contributed by atoms with Crippen molar-refractivity contribution in [1.82, 2.24) is 9.80 Å². The number of hydrogen-bond donors (Lipinski definition) is 1. The lowest BCUT2D eigenvalue weighted by molar-refractivity contribution is 0.0486. The number of nitrogens with two attached hydrogens (primary N) is 1. The van der Waals surface area contributed by atoms with Crippen molar-refractivity contribution >= 4 is 0 Å². The topological polar surface area (TPSA) is 32.5 Å². The summed E-state index contributed by atoms with van der Waals surface area (Å²) in [5, 5.41) is 0. The minimum atomic E-state index is 0.495. The molecule has 2 unspecified atom stereocenters. The fourth-order valence-electron chi connectivity index (χ4n) is 2.72. The highest BCUT2D eigenvalue weighted by Crippen LogP contribution is 2.45. The number of likely N-dealkylation sites (N-methyl/N-ethyl adjacent to an activating group) is 1. The first-order valence-electron chi connectivity index (χ1n) is 6.21. The number of rotatable bonds is 3. The largest absolute Gasteiger partial charge is 0.330 e. The van der Waals surface area contributed by atoms with Crippen molar-refractivity contribution in [3.63, 3.8) is 0 Å². The van der Waals surface area contributed by atoms with E-state index in [1.165, 1.54) is 32.5 Å². The van der Waals surface area contributed by atoms with Gasteiger partial charge in [-0.15, -0.1) is 0 Å². The maximum absolute atomic E-state index is 5.85. The summed E-state index contributed by atoms with van der Waals surface area (Å²) in [6.45, 7) is 9.18. The van der Waals surface area contributed by atoms with E-state index >= 15 is 0 Å². The second kappa shape index (κ2) is 4.04. The zero-order chi connectivity index (χ0) is 11.1. The van der Waals surface area contributed by atoms with Gasteiger partial charge in [0.05, 0.1) is 0 Å². The van der Waals surface area contributed by atoms with Gasteiger partial charge in [0.25, 0.3) is 0 Å². The maximum atomic E-state index is 5.85. The third kappa shape index (κ3) is 2.35. The van der Waals surface area contributed by atoms with Crippen molar-refractivity contribution < 1.29 is 0 Å². The van der Waals surface area contributed by atoms with Crippen LogP contribution in [0.2, 0.25) is 0 Å². The molecule has 0 aromatic heterocycles. The number of hydrogen-bond acceptors (Lipinski definition) is 3. The predicted octanol–water partition coefficient (Wildman–Crippen LogP) is 0.750. The Morgan fingerprint density at radius 1 is 1.20 bits per heavy atom. The van der Waals surface area contributed by atoms with E-state index in [4.69, 9.17) is 5.73 Å². The maximum Gasteiger partial charge on any atom is 0.0195 e. The van der Waals surface area contributed by atoms with Gasteiger partial charge >= 0.3 is 0 Å². The molecule has 2 rings (SSSR count). The van der Waals surface area contributed by atoms with Crippen molar-refractivity contribution in [1.29, 1.82) is 0 Å². The van der Waals surface area contributed by atoms with Gasteiger partial charge in [-0.1, -0.05) is 0 Å². The first-order valence-corrected chi connectivity index (χ1v) is 6.21. The highest BCUT2D eigenvalue weighted by Gasteiger charge is 2.43. The summed E-state index contributed by atoms with van der Waals surface area (Å²) in [6.07, 6.45) is 2.69. The quantitative estimate of drug-likeness (QED) is 0.748. The van der Waals surface area contributed by atoms with Gasteiger partial charge in [0.1, 0.15) is 0 Å². The lowest BCUT2D eigenvalue weighted by Crippen LogP contribution is -2.56. The standard InChI is InChI=1S/C12H25N3/c1-10-6-15(7-11(2)14(10)3)9-12(8-13)4-5-12/h10-11H,4-9,13H2,1-3H3. The molecule has 0 aromatic carbocycles. The molecule has 1 heterocycles. The molecular formula is C12H25N3. The lowest BCUT2D eigenvalue weighted by atomic mass is 10.0. The highest BCUT2D eigenvalue weighted by atomic mass is 15.3. The normalized spacial score (nSPS) is 36.8. The van der Waals surface area contributed by atoms with E-state index in [0.717, 1.165) is 6.54 Å². The fraction of sp³-hybridized carbons (Fsp3) is 1.00. The molecule has 88 valence electrons. The van der Waals surface area contributed by atoms with Crippen LogP contribution in [0.3, 0.4) is 0 Å². The van der Waals surface area contributed by atoms with E-state index in [1.807, 2.05) is 0 Å². The van der Waals surface area contributed by atoms with Gasteiger partial charge in [0.15, 0.2) is 0 Å². The molecule has 0 bridgehead atoms. The predicted molar refractivity (Wildman–Crippen MR) is 63.8 cm³/mol. The fourth-order valence-corrected chi connectivity index (χ4v) is 2.72. The van der Waals surface area contributed by atoms with Crippen molar-refractivity contribution in [3.05, 3.63) is 0 Å². The van der Waals surface area contributed by atoms with Crippen LogP contribution in [0, 0.1) is 5.41 Å². The van der Waals surface area contributed by atoms with E-state index in [9.17, 15) is 0 Å². The molecule has 3 heteroatoms. The third-order valence-corrected chi connectivity index (χ3v) is 4.38. The Balaban J connectivity index is 1.89. The highest BCUT2D eigenvalue weighted by molar-refractivity contribution is 4.98. The summed E-state index contributed by atoms with van der Waals surface area (Å²) in [6, 6.07) is 1.37. The van der Waals surface area contributed by atoms with Crippen molar-refractivity contribution in [2.75, 3.05) is 33.2 Å². The Kier molecular flexibility index (Phi) is 3.06. The molecule has 1 saturated heterocycles. The molecule has 0 radical (unpaired) electrons. The van der Waals surface area contributed by atoms with E-state index in [1.54, 1.807) is 0 Å². The molecule has 0 amide bonds. The Labute approximate surface area is 93.6 Å². The van der Waals surface area contributed by atoms with Crippen LogP contribution >= 0.6 is 0 Å². The number of nitrogens with zero attached hydrogens (tertiary/aromatic N) is 2. The zero-order valence-electron chi connectivity index (χ0n) is 10.4. The minimum absolute atomic E-state index is 0.495. The van der Waals surface area contributed by atoms with E-state index in [2.05, 4.69) is 30.7 Å². The molecule has 2 aliphatic rings. The Morgan fingerprint density at radius 2 is 1.73 bits per heavy atom. The molecule has 0 spiro atoms. The molecule has 2 fully saturated rings.